The highest BCUT2D eigenvalue weighted by molar-refractivity contribution is 5.85. The maximum Gasteiger partial charge on any atom is 0.371 e. The quantitative estimate of drug-likeness (QED) is 0.489. The number of aldehydes is 1. The van der Waals surface area contributed by atoms with Crippen LogP contribution >= 0.6 is 0 Å². The van der Waals surface area contributed by atoms with Crippen LogP contribution in [0.5, 0.6) is 0 Å². The maximum atomic E-state index is 10.5. The molecule has 0 saturated carbocycles. The summed E-state index contributed by atoms with van der Waals surface area (Å²) in [6.07, 6.45) is 4.33. The Morgan fingerprint density at radius 3 is 2.86 bits per heavy atom. The fourth-order valence-electron chi connectivity index (χ4n) is 0.928. The van der Waals surface area contributed by atoms with Crippen molar-refractivity contribution >= 4 is 12.3 Å². The fraction of sp³-hybridized carbons (Fsp3) is 0.111. The van der Waals surface area contributed by atoms with Crippen molar-refractivity contribution in [3.8, 4) is 0 Å². The largest absolute Gasteiger partial charge is 0.475 e. The van der Waals surface area contributed by atoms with Gasteiger partial charge in [0.2, 0.25) is 12.0 Å². The second kappa shape index (κ2) is 4.38. The SMILES string of the molecule is O=C/C=C/C1=CC(O)OC(C(=O)O)=C1. The number of allylic oxidation sites excluding steroid dienone is 4. The molecule has 1 atom stereocenters. The molecule has 0 spiro atoms. The van der Waals surface area contributed by atoms with Crippen LogP contribution in [0.15, 0.2) is 35.6 Å². The smallest absolute Gasteiger partial charge is 0.371 e. The van der Waals surface area contributed by atoms with Crippen LogP contribution in [0, 0.1) is 0 Å². The zero-order valence-corrected chi connectivity index (χ0v) is 7.08. The molecule has 0 amide bonds. The van der Waals surface area contributed by atoms with Gasteiger partial charge in [-0.1, -0.05) is 6.08 Å². The van der Waals surface area contributed by atoms with Gasteiger partial charge in [0.1, 0.15) is 6.29 Å². The van der Waals surface area contributed by atoms with Crippen LogP contribution in [0.4, 0.5) is 0 Å². The van der Waals surface area contributed by atoms with E-state index in [0.717, 1.165) is 0 Å². The first-order chi connectivity index (χ1) is 6.63. The number of aliphatic hydroxyl groups is 1. The topological polar surface area (TPSA) is 83.8 Å². The van der Waals surface area contributed by atoms with Crippen LogP contribution < -0.4 is 0 Å². The number of carbonyl (C=O) groups excluding carboxylic acids is 1. The number of aliphatic hydroxyl groups excluding tert-OH is 1. The Bertz CT molecular complexity index is 337. The number of ether oxygens (including phenoxy) is 1. The zero-order valence-electron chi connectivity index (χ0n) is 7.08. The van der Waals surface area contributed by atoms with E-state index < -0.39 is 12.3 Å². The van der Waals surface area contributed by atoms with Gasteiger partial charge in [-0.2, -0.15) is 0 Å². The third kappa shape index (κ3) is 2.56. The summed E-state index contributed by atoms with van der Waals surface area (Å²) in [5.41, 5.74) is 0.410. The van der Waals surface area contributed by atoms with Crippen molar-refractivity contribution in [1.29, 1.82) is 0 Å². The average molecular weight is 196 g/mol. The van der Waals surface area contributed by atoms with Gasteiger partial charge in [-0.3, -0.25) is 4.79 Å². The van der Waals surface area contributed by atoms with Gasteiger partial charge in [-0.15, -0.1) is 0 Å². The summed E-state index contributed by atoms with van der Waals surface area (Å²) in [5.74, 6) is -1.63. The van der Waals surface area contributed by atoms with E-state index in [-0.39, 0.29) is 5.76 Å². The molecule has 0 saturated heterocycles. The van der Waals surface area contributed by atoms with Crippen molar-refractivity contribution in [3.63, 3.8) is 0 Å². The summed E-state index contributed by atoms with van der Waals surface area (Å²) in [5, 5.41) is 17.6. The van der Waals surface area contributed by atoms with E-state index in [4.69, 9.17) is 10.2 Å². The van der Waals surface area contributed by atoms with Crippen molar-refractivity contribution in [2.45, 2.75) is 6.29 Å². The van der Waals surface area contributed by atoms with Crippen molar-refractivity contribution < 1.29 is 24.5 Å². The number of carboxylic acid groups (broad SMARTS) is 1. The van der Waals surface area contributed by atoms with Gasteiger partial charge in [0, 0.05) is 0 Å². The molecule has 0 bridgehead atoms. The first-order valence-corrected chi connectivity index (χ1v) is 3.77. The number of rotatable bonds is 3. The zero-order chi connectivity index (χ0) is 10.6. The Hall–Kier alpha value is -1.88. The average Bonchev–Trinajstić information content (AvgIpc) is 2.14. The van der Waals surface area contributed by atoms with Gasteiger partial charge < -0.3 is 14.9 Å². The van der Waals surface area contributed by atoms with Crippen molar-refractivity contribution in [2.75, 3.05) is 0 Å². The lowest BCUT2D eigenvalue weighted by Gasteiger charge is -2.15. The number of hydrogen-bond acceptors (Lipinski definition) is 4. The highest BCUT2D eigenvalue weighted by Crippen LogP contribution is 2.15. The standard InChI is InChI=1S/C9H8O5/c10-3-1-2-6-4-7(9(12)13)14-8(11)5-6/h1-5,8,11H,(H,12,13)/b2-1+. The minimum absolute atomic E-state index is 0.356. The van der Waals surface area contributed by atoms with E-state index in [0.29, 0.717) is 11.9 Å². The van der Waals surface area contributed by atoms with Gasteiger partial charge in [-0.25, -0.2) is 4.79 Å². The van der Waals surface area contributed by atoms with Gasteiger partial charge in [0.05, 0.1) is 0 Å². The normalized spacial score (nSPS) is 21.1. The van der Waals surface area contributed by atoms with E-state index in [1.807, 2.05) is 0 Å². The summed E-state index contributed by atoms with van der Waals surface area (Å²) in [6.45, 7) is 0. The number of hydrogen-bond donors (Lipinski definition) is 2. The minimum atomic E-state index is -1.29. The molecule has 0 aromatic rings. The van der Waals surface area contributed by atoms with Crippen molar-refractivity contribution in [3.05, 3.63) is 35.6 Å². The first kappa shape index (κ1) is 10.2. The molecule has 74 valence electrons. The van der Waals surface area contributed by atoms with Gasteiger partial charge in [-0.05, 0) is 23.8 Å². The maximum absolute atomic E-state index is 10.5. The Labute approximate surface area is 79.6 Å². The van der Waals surface area contributed by atoms with Crippen LogP contribution in [-0.2, 0) is 14.3 Å². The van der Waals surface area contributed by atoms with Crippen molar-refractivity contribution in [2.24, 2.45) is 0 Å². The fourth-order valence-corrected chi connectivity index (χ4v) is 0.928. The van der Waals surface area contributed by atoms with E-state index in [2.05, 4.69) is 4.74 Å². The molecule has 0 aliphatic carbocycles. The summed E-state index contributed by atoms with van der Waals surface area (Å²) in [4.78, 5) is 20.5. The summed E-state index contributed by atoms with van der Waals surface area (Å²) >= 11 is 0. The molecule has 1 unspecified atom stereocenters. The lowest BCUT2D eigenvalue weighted by molar-refractivity contribution is -0.141. The Kier molecular flexibility index (Phi) is 3.19. The molecule has 5 heteroatoms. The van der Waals surface area contributed by atoms with Gasteiger partial charge in [0.15, 0.2) is 0 Å². The number of carbonyl (C=O) groups is 2. The Morgan fingerprint density at radius 1 is 1.57 bits per heavy atom. The van der Waals surface area contributed by atoms with E-state index in [9.17, 15) is 9.59 Å². The summed E-state index contributed by atoms with van der Waals surface area (Å²) in [6, 6.07) is 0. The van der Waals surface area contributed by atoms with E-state index in [1.165, 1.54) is 24.3 Å². The molecule has 0 fully saturated rings. The highest BCUT2D eigenvalue weighted by atomic mass is 16.6. The molecule has 1 aliphatic rings. The molecule has 5 nitrogen and oxygen atoms in total. The Balaban J connectivity index is 2.89. The highest BCUT2D eigenvalue weighted by Gasteiger charge is 2.17. The molecule has 0 aromatic heterocycles. The second-order valence-electron chi connectivity index (χ2n) is 2.48. The van der Waals surface area contributed by atoms with Gasteiger partial charge >= 0.3 is 5.97 Å². The summed E-state index contributed by atoms with van der Waals surface area (Å²) in [7, 11) is 0. The van der Waals surface area contributed by atoms with Crippen LogP contribution in [0.3, 0.4) is 0 Å². The van der Waals surface area contributed by atoms with Crippen molar-refractivity contribution in [1.82, 2.24) is 0 Å². The molecule has 2 N–H and O–H groups in total. The predicted octanol–water partition coefficient (Wildman–Crippen LogP) is -0.0150. The lowest BCUT2D eigenvalue weighted by Crippen LogP contribution is -2.17. The molecule has 1 aliphatic heterocycles. The third-order valence-electron chi connectivity index (χ3n) is 1.46. The minimum Gasteiger partial charge on any atom is -0.475 e. The number of aliphatic carboxylic acids is 1. The number of carboxylic acids is 1. The molecular weight excluding hydrogens is 188 g/mol. The summed E-state index contributed by atoms with van der Waals surface area (Å²) < 4.78 is 4.58. The van der Waals surface area contributed by atoms with Crippen LogP contribution in [0.1, 0.15) is 0 Å². The van der Waals surface area contributed by atoms with Crippen LogP contribution in [0.25, 0.3) is 0 Å². The Morgan fingerprint density at radius 2 is 2.29 bits per heavy atom. The molecule has 1 rings (SSSR count). The van der Waals surface area contributed by atoms with Crippen LogP contribution in [-0.4, -0.2) is 28.8 Å². The third-order valence-corrected chi connectivity index (χ3v) is 1.46. The lowest BCUT2D eigenvalue weighted by atomic mass is 10.1. The van der Waals surface area contributed by atoms with E-state index >= 15 is 0 Å². The molecular formula is C9H8O5. The first-order valence-electron chi connectivity index (χ1n) is 3.77. The molecule has 1 heterocycles. The molecule has 0 aromatic carbocycles. The monoisotopic (exact) mass is 196 g/mol. The van der Waals surface area contributed by atoms with Gasteiger partial charge in [0.25, 0.3) is 0 Å². The predicted molar refractivity (Wildman–Crippen MR) is 46.1 cm³/mol. The molecule has 0 radical (unpaired) electrons. The second-order valence-corrected chi connectivity index (χ2v) is 2.48. The van der Waals surface area contributed by atoms with E-state index in [1.54, 1.807) is 0 Å². The van der Waals surface area contributed by atoms with Crippen LogP contribution in [0.2, 0.25) is 0 Å². The molecule has 14 heavy (non-hydrogen) atoms.